The van der Waals surface area contributed by atoms with Crippen molar-refractivity contribution in [1.82, 2.24) is 4.57 Å². The summed E-state index contributed by atoms with van der Waals surface area (Å²) in [5.74, 6) is 0. The lowest BCUT2D eigenvalue weighted by atomic mass is 10.1. The number of nitrogens with zero attached hydrogens (tertiary/aromatic N) is 5. The zero-order valence-electron chi connectivity index (χ0n) is 13.5. The number of benzene rings is 2. The van der Waals surface area contributed by atoms with Crippen LogP contribution in [0.4, 0.5) is 22.7 Å². The van der Waals surface area contributed by atoms with E-state index in [1.807, 2.05) is 0 Å². The van der Waals surface area contributed by atoms with Crippen molar-refractivity contribution in [2.45, 2.75) is 13.5 Å². The fourth-order valence-corrected chi connectivity index (χ4v) is 3.11. The first-order chi connectivity index (χ1) is 12.7. The van der Waals surface area contributed by atoms with Gasteiger partial charge in [-0.25, -0.2) is 0 Å². The Bertz CT molecular complexity index is 1180. The first-order valence-electron chi connectivity index (χ1n) is 7.38. The third kappa shape index (κ3) is 2.57. The Labute approximate surface area is 148 Å². The van der Waals surface area contributed by atoms with Crippen LogP contribution in [0.5, 0.6) is 0 Å². The highest BCUT2D eigenvalue weighted by atomic mass is 16.6. The van der Waals surface area contributed by atoms with E-state index in [4.69, 9.17) is 0 Å². The van der Waals surface area contributed by atoms with Crippen LogP contribution in [0.3, 0.4) is 0 Å². The van der Waals surface area contributed by atoms with E-state index in [9.17, 15) is 40.5 Å². The van der Waals surface area contributed by atoms with Gasteiger partial charge in [0.05, 0.1) is 42.7 Å². The zero-order valence-corrected chi connectivity index (χ0v) is 13.5. The minimum Gasteiger partial charge on any atom is -0.335 e. The molecule has 0 spiro atoms. The van der Waals surface area contributed by atoms with Gasteiger partial charge in [-0.05, 0) is 6.92 Å². The molecule has 1 aromatic heterocycles. The first kappa shape index (κ1) is 17.7. The molecule has 0 unspecified atom stereocenters. The lowest BCUT2D eigenvalue weighted by Gasteiger charge is -2.03. The van der Waals surface area contributed by atoms with E-state index in [2.05, 4.69) is 0 Å². The monoisotopic (exact) mass is 375 g/mol. The highest BCUT2D eigenvalue weighted by Crippen LogP contribution is 2.43. The highest BCUT2D eigenvalue weighted by Gasteiger charge is 2.30. The number of fused-ring (bicyclic) bond motifs is 3. The SMILES string of the molecule is CCn1c2cc([N+](=O)[O-])cc([N+](=O)[O-])c2c2cc([N+](=O)[O-])cc([N+](=O)[O-])c21. The van der Waals surface area contributed by atoms with Crippen molar-refractivity contribution in [2.75, 3.05) is 0 Å². The van der Waals surface area contributed by atoms with Crippen molar-refractivity contribution >= 4 is 44.6 Å². The Morgan fingerprint density at radius 1 is 0.778 bits per heavy atom. The largest absolute Gasteiger partial charge is 0.335 e. The van der Waals surface area contributed by atoms with Gasteiger partial charge in [-0.1, -0.05) is 0 Å². The number of hydrogen-bond donors (Lipinski definition) is 0. The maximum atomic E-state index is 11.5. The van der Waals surface area contributed by atoms with E-state index in [-0.39, 0.29) is 28.4 Å². The van der Waals surface area contributed by atoms with Gasteiger partial charge in [0.15, 0.2) is 0 Å². The van der Waals surface area contributed by atoms with Crippen LogP contribution in [-0.2, 0) is 6.54 Å². The van der Waals surface area contributed by atoms with Crippen molar-refractivity contribution in [3.8, 4) is 0 Å². The third-order valence-electron chi connectivity index (χ3n) is 4.12. The van der Waals surface area contributed by atoms with Crippen molar-refractivity contribution in [2.24, 2.45) is 0 Å². The molecular weight excluding hydrogens is 366 g/mol. The topological polar surface area (TPSA) is 177 Å². The maximum Gasteiger partial charge on any atom is 0.300 e. The summed E-state index contributed by atoms with van der Waals surface area (Å²) < 4.78 is 1.30. The van der Waals surface area contributed by atoms with E-state index in [0.29, 0.717) is 0 Å². The maximum absolute atomic E-state index is 11.5. The molecule has 0 saturated heterocycles. The fraction of sp³-hybridized carbons (Fsp3) is 0.143. The van der Waals surface area contributed by atoms with Crippen LogP contribution in [0.2, 0.25) is 0 Å². The molecule has 138 valence electrons. The summed E-state index contributed by atoms with van der Waals surface area (Å²) >= 11 is 0. The Hall–Kier alpha value is -4.16. The number of nitro groups is 4. The van der Waals surface area contributed by atoms with Crippen LogP contribution in [0.15, 0.2) is 24.3 Å². The Morgan fingerprint density at radius 2 is 1.30 bits per heavy atom. The Balaban J connectivity index is 2.68. The summed E-state index contributed by atoms with van der Waals surface area (Å²) in [4.78, 5) is 41.8. The van der Waals surface area contributed by atoms with E-state index in [1.54, 1.807) is 6.92 Å². The van der Waals surface area contributed by atoms with Crippen LogP contribution in [0.25, 0.3) is 21.8 Å². The molecule has 0 fully saturated rings. The highest BCUT2D eigenvalue weighted by molar-refractivity contribution is 6.16. The van der Waals surface area contributed by atoms with Gasteiger partial charge >= 0.3 is 0 Å². The molecule has 1 heterocycles. The quantitative estimate of drug-likeness (QED) is 0.480. The Kier molecular flexibility index (Phi) is 3.91. The average molecular weight is 375 g/mol. The Morgan fingerprint density at radius 3 is 1.78 bits per heavy atom. The minimum absolute atomic E-state index is 0.0111. The van der Waals surface area contributed by atoms with Crippen LogP contribution in [0, 0.1) is 40.5 Å². The summed E-state index contributed by atoms with van der Waals surface area (Å²) in [5.41, 5.74) is -2.52. The second kappa shape index (κ2) is 5.98. The van der Waals surface area contributed by atoms with Crippen LogP contribution >= 0.6 is 0 Å². The average Bonchev–Trinajstić information content (AvgIpc) is 2.92. The summed E-state index contributed by atoms with van der Waals surface area (Å²) in [6.45, 7) is 1.69. The summed E-state index contributed by atoms with van der Waals surface area (Å²) in [5, 5.41) is 45.0. The second-order valence-corrected chi connectivity index (χ2v) is 5.49. The normalized spacial score (nSPS) is 11.0. The molecule has 27 heavy (non-hydrogen) atoms. The molecule has 3 rings (SSSR count). The van der Waals surface area contributed by atoms with Crippen LogP contribution in [0.1, 0.15) is 6.92 Å². The minimum atomic E-state index is -0.862. The van der Waals surface area contributed by atoms with E-state index < -0.39 is 42.4 Å². The molecule has 13 nitrogen and oxygen atoms in total. The molecule has 0 aliphatic rings. The van der Waals surface area contributed by atoms with Gasteiger partial charge < -0.3 is 4.57 Å². The van der Waals surface area contributed by atoms with Gasteiger partial charge in [-0.15, -0.1) is 0 Å². The smallest absolute Gasteiger partial charge is 0.300 e. The second-order valence-electron chi connectivity index (χ2n) is 5.49. The third-order valence-corrected chi connectivity index (χ3v) is 4.12. The predicted molar refractivity (Wildman–Crippen MR) is 91.7 cm³/mol. The molecule has 2 aromatic carbocycles. The lowest BCUT2D eigenvalue weighted by Crippen LogP contribution is -1.99. The number of rotatable bonds is 5. The first-order valence-corrected chi connectivity index (χ1v) is 7.38. The van der Waals surface area contributed by atoms with Gasteiger partial charge in [-0.3, -0.25) is 40.5 Å². The van der Waals surface area contributed by atoms with Gasteiger partial charge in [-0.2, -0.15) is 0 Å². The zero-order chi connectivity index (χ0) is 20.0. The van der Waals surface area contributed by atoms with Gasteiger partial charge in [0.2, 0.25) is 0 Å². The molecule has 0 atom stereocenters. The number of non-ortho nitro benzene ring substituents is 4. The standard InChI is InChI=1S/C14H9N5O8/c1-2-15-10-4-8(17(22)23)5-11(18(24)25)13(10)9-3-7(16(20)21)6-12(14(9)15)19(26)27/h3-6H,2H2,1H3. The van der Waals surface area contributed by atoms with Gasteiger partial charge in [0.1, 0.15) is 5.52 Å². The molecule has 0 radical (unpaired) electrons. The molecule has 0 aliphatic heterocycles. The van der Waals surface area contributed by atoms with E-state index >= 15 is 0 Å². The molecule has 0 saturated carbocycles. The molecule has 13 heteroatoms. The lowest BCUT2D eigenvalue weighted by molar-refractivity contribution is -0.393. The number of aromatic nitrogens is 1. The van der Waals surface area contributed by atoms with E-state index in [0.717, 1.165) is 24.3 Å². The van der Waals surface area contributed by atoms with Crippen molar-refractivity contribution in [1.29, 1.82) is 0 Å². The number of nitro benzene ring substituents is 4. The van der Waals surface area contributed by atoms with Crippen LogP contribution < -0.4 is 0 Å². The predicted octanol–water partition coefficient (Wildman–Crippen LogP) is 3.45. The number of hydrogen-bond acceptors (Lipinski definition) is 8. The molecule has 0 aliphatic carbocycles. The van der Waals surface area contributed by atoms with Crippen LogP contribution in [-0.4, -0.2) is 24.3 Å². The van der Waals surface area contributed by atoms with Gasteiger partial charge in [0.25, 0.3) is 22.7 Å². The van der Waals surface area contributed by atoms with Crippen molar-refractivity contribution < 1.29 is 19.7 Å². The van der Waals surface area contributed by atoms with Crippen molar-refractivity contribution in [3.05, 3.63) is 64.7 Å². The van der Waals surface area contributed by atoms with E-state index in [1.165, 1.54) is 4.57 Å². The fourth-order valence-electron chi connectivity index (χ4n) is 3.11. The molecular formula is C14H9N5O8. The van der Waals surface area contributed by atoms with Crippen molar-refractivity contribution in [3.63, 3.8) is 0 Å². The molecule has 0 N–H and O–H groups in total. The molecule has 3 aromatic rings. The molecule has 0 bridgehead atoms. The van der Waals surface area contributed by atoms with Gasteiger partial charge in [0, 0.05) is 24.1 Å². The summed E-state index contributed by atoms with van der Waals surface area (Å²) in [6, 6.07) is 3.54. The molecule has 0 amide bonds. The summed E-state index contributed by atoms with van der Waals surface area (Å²) in [7, 11) is 0. The number of aryl methyl sites for hydroxylation is 1. The summed E-state index contributed by atoms with van der Waals surface area (Å²) in [6.07, 6.45) is 0.